The number of unbranched alkanes of at least 4 members (excludes halogenated alkanes) is 16. The molecule has 0 bridgehead atoms. The Morgan fingerprint density at radius 3 is 1.18 bits per heavy atom. The predicted octanol–water partition coefficient (Wildman–Crippen LogP) is 14.3. The summed E-state index contributed by atoms with van der Waals surface area (Å²) in [7, 11) is 0. The van der Waals surface area contributed by atoms with Crippen molar-refractivity contribution in [3.63, 3.8) is 0 Å². The van der Waals surface area contributed by atoms with Gasteiger partial charge in [-0.25, -0.2) is 0 Å². The number of rotatable bonds is 39. The molecule has 0 saturated heterocycles. The second-order valence-electron chi connectivity index (χ2n) is 14.6. The summed E-state index contributed by atoms with van der Waals surface area (Å²) in [4.78, 5) is 37.6. The van der Waals surface area contributed by atoms with Crippen LogP contribution in [0.3, 0.4) is 0 Å². The van der Waals surface area contributed by atoms with Crippen molar-refractivity contribution in [3.8, 4) is 0 Å². The molecule has 0 spiro atoms. The van der Waals surface area contributed by atoms with Crippen LogP contribution in [0.1, 0.15) is 201 Å². The maximum Gasteiger partial charge on any atom is 0.306 e. The van der Waals surface area contributed by atoms with Crippen LogP contribution < -0.4 is 0 Å². The molecule has 0 aromatic heterocycles. The van der Waals surface area contributed by atoms with Crippen molar-refractivity contribution >= 4 is 17.9 Å². The van der Waals surface area contributed by atoms with Crippen molar-refractivity contribution in [3.05, 3.63) is 72.9 Å². The van der Waals surface area contributed by atoms with E-state index < -0.39 is 6.10 Å². The maximum absolute atomic E-state index is 12.7. The first-order chi connectivity index (χ1) is 27.0. The summed E-state index contributed by atoms with van der Waals surface area (Å²) >= 11 is 0. The van der Waals surface area contributed by atoms with Crippen molar-refractivity contribution in [1.82, 2.24) is 0 Å². The van der Waals surface area contributed by atoms with Gasteiger partial charge in [-0.15, -0.1) is 0 Å². The summed E-state index contributed by atoms with van der Waals surface area (Å²) < 4.78 is 16.6. The minimum atomic E-state index is -0.809. The second-order valence-corrected chi connectivity index (χ2v) is 14.6. The lowest BCUT2D eigenvalue weighted by Crippen LogP contribution is -2.30. The zero-order chi connectivity index (χ0) is 40.1. The van der Waals surface area contributed by atoms with Gasteiger partial charge in [0, 0.05) is 19.3 Å². The highest BCUT2D eigenvalue weighted by atomic mass is 16.6. The molecule has 0 aromatic carbocycles. The minimum Gasteiger partial charge on any atom is -0.462 e. The number of carbonyl (C=O) groups is 3. The number of allylic oxidation sites excluding steroid dienone is 12. The lowest BCUT2D eigenvalue weighted by atomic mass is 10.1. The van der Waals surface area contributed by atoms with Gasteiger partial charge in [0.2, 0.25) is 0 Å². The summed E-state index contributed by atoms with van der Waals surface area (Å²) in [5.41, 5.74) is 0. The first-order valence-electron chi connectivity index (χ1n) is 22.4. The zero-order valence-corrected chi connectivity index (χ0v) is 35.7. The quantitative estimate of drug-likeness (QED) is 0.0268. The van der Waals surface area contributed by atoms with Crippen molar-refractivity contribution in [2.75, 3.05) is 13.2 Å². The van der Waals surface area contributed by atoms with Crippen LogP contribution in [0.4, 0.5) is 0 Å². The third-order valence-corrected chi connectivity index (χ3v) is 9.15. The van der Waals surface area contributed by atoms with Crippen molar-refractivity contribution < 1.29 is 28.6 Å². The molecular weight excluding hydrogens is 685 g/mol. The summed E-state index contributed by atoms with van der Waals surface area (Å²) in [5.74, 6) is -1.02. The minimum absolute atomic E-state index is 0.112. The third-order valence-electron chi connectivity index (χ3n) is 9.15. The van der Waals surface area contributed by atoms with Crippen LogP contribution in [0.25, 0.3) is 0 Å². The summed E-state index contributed by atoms with van der Waals surface area (Å²) in [5, 5.41) is 0. The van der Waals surface area contributed by atoms with Crippen LogP contribution >= 0.6 is 0 Å². The molecular formula is C49H82O6. The molecule has 6 nitrogen and oxygen atoms in total. The van der Waals surface area contributed by atoms with Crippen LogP contribution in [0.5, 0.6) is 0 Å². The number of hydrogen-bond acceptors (Lipinski definition) is 6. The first kappa shape index (κ1) is 51.9. The largest absolute Gasteiger partial charge is 0.462 e. The van der Waals surface area contributed by atoms with Gasteiger partial charge >= 0.3 is 17.9 Å². The Labute approximate surface area is 338 Å². The number of carbonyl (C=O) groups excluding carboxylic acids is 3. The Morgan fingerprint density at radius 1 is 0.364 bits per heavy atom. The molecule has 0 aliphatic heterocycles. The Kier molecular flexibility index (Phi) is 41.1. The lowest BCUT2D eigenvalue weighted by Gasteiger charge is -2.18. The Bertz CT molecular complexity index is 1070. The summed E-state index contributed by atoms with van der Waals surface area (Å²) in [6.45, 7) is 6.43. The molecule has 0 heterocycles. The molecule has 0 aromatic rings. The highest BCUT2D eigenvalue weighted by Crippen LogP contribution is 2.11. The Balaban J connectivity index is 4.48. The van der Waals surface area contributed by atoms with Crippen molar-refractivity contribution in [2.45, 2.75) is 207 Å². The van der Waals surface area contributed by atoms with E-state index in [1.807, 2.05) is 0 Å². The number of hydrogen-bond donors (Lipinski definition) is 0. The average molecular weight is 767 g/mol. The summed E-state index contributed by atoms with van der Waals surface area (Å²) in [6, 6.07) is 0. The van der Waals surface area contributed by atoms with Crippen LogP contribution in [0.2, 0.25) is 0 Å². The first-order valence-corrected chi connectivity index (χ1v) is 22.4. The molecule has 0 aliphatic carbocycles. The van der Waals surface area contributed by atoms with Crippen molar-refractivity contribution in [1.29, 1.82) is 0 Å². The smallest absolute Gasteiger partial charge is 0.306 e. The van der Waals surface area contributed by atoms with Crippen LogP contribution in [0.15, 0.2) is 72.9 Å². The lowest BCUT2D eigenvalue weighted by molar-refractivity contribution is -0.167. The molecule has 1 unspecified atom stereocenters. The van der Waals surface area contributed by atoms with Crippen LogP contribution in [0, 0.1) is 0 Å². The molecule has 0 N–H and O–H groups in total. The maximum atomic E-state index is 12.7. The molecule has 0 amide bonds. The van der Waals surface area contributed by atoms with Gasteiger partial charge in [-0.1, -0.05) is 158 Å². The molecule has 314 valence electrons. The van der Waals surface area contributed by atoms with E-state index in [1.165, 1.54) is 77.0 Å². The normalized spacial score (nSPS) is 12.7. The molecule has 0 rings (SSSR count). The molecule has 0 saturated carbocycles. The van der Waals surface area contributed by atoms with E-state index in [9.17, 15) is 14.4 Å². The van der Waals surface area contributed by atoms with E-state index in [4.69, 9.17) is 14.2 Å². The highest BCUT2D eigenvalue weighted by Gasteiger charge is 2.19. The Hall–Kier alpha value is -3.15. The molecule has 1 atom stereocenters. The SMILES string of the molecule is CCCC/C=C\CCCCCCCC(=O)OC(COC(=O)CCC/C=C\C/C=C\C/C=C\C/C=C\CCCCC)COC(=O)CCC/C=C\CCCCCC. The fourth-order valence-corrected chi connectivity index (χ4v) is 5.71. The standard InChI is InChI=1S/C49H82O6/c1-4-7-10-13-16-19-21-22-23-24-25-26-28-30-33-36-39-42-48(51)54-45-46(44-53-47(50)41-38-35-32-29-18-15-12-9-6-3)55-49(52)43-40-37-34-31-27-20-17-14-11-8-5-2/h14,16-17,19,22-23,25-26,29-30,32-33,46H,4-13,15,18,20-21,24,27-28,31,34-45H2,1-3H3/b17-14-,19-16-,23-22-,26-25-,32-29-,33-30-. The monoisotopic (exact) mass is 767 g/mol. The average Bonchev–Trinajstić information content (AvgIpc) is 3.18. The van der Waals surface area contributed by atoms with Crippen LogP contribution in [-0.2, 0) is 28.6 Å². The van der Waals surface area contributed by atoms with Gasteiger partial charge in [0.25, 0.3) is 0 Å². The Morgan fingerprint density at radius 2 is 0.691 bits per heavy atom. The van der Waals surface area contributed by atoms with Gasteiger partial charge in [-0.3, -0.25) is 14.4 Å². The van der Waals surface area contributed by atoms with E-state index in [-0.39, 0.29) is 37.5 Å². The fourth-order valence-electron chi connectivity index (χ4n) is 5.71. The number of esters is 3. The predicted molar refractivity (Wildman–Crippen MR) is 233 cm³/mol. The van der Waals surface area contributed by atoms with Gasteiger partial charge in [-0.2, -0.15) is 0 Å². The van der Waals surface area contributed by atoms with Crippen molar-refractivity contribution in [2.24, 2.45) is 0 Å². The van der Waals surface area contributed by atoms with E-state index in [2.05, 4.69) is 93.7 Å². The fraction of sp³-hybridized carbons (Fsp3) is 0.694. The second kappa shape index (κ2) is 43.6. The molecule has 55 heavy (non-hydrogen) atoms. The van der Waals surface area contributed by atoms with E-state index in [0.717, 1.165) is 70.6 Å². The summed E-state index contributed by atoms with van der Waals surface area (Å²) in [6.07, 6.45) is 53.3. The van der Waals surface area contributed by atoms with E-state index in [0.29, 0.717) is 25.7 Å². The molecule has 0 fully saturated rings. The molecule has 6 heteroatoms. The zero-order valence-electron chi connectivity index (χ0n) is 35.7. The number of ether oxygens (including phenoxy) is 3. The van der Waals surface area contributed by atoms with E-state index in [1.54, 1.807) is 0 Å². The van der Waals surface area contributed by atoms with E-state index >= 15 is 0 Å². The van der Waals surface area contributed by atoms with Gasteiger partial charge in [-0.05, 0) is 96.3 Å². The van der Waals surface area contributed by atoms with Crippen LogP contribution in [-0.4, -0.2) is 37.2 Å². The van der Waals surface area contributed by atoms with Gasteiger partial charge < -0.3 is 14.2 Å². The van der Waals surface area contributed by atoms with Gasteiger partial charge in [0.15, 0.2) is 6.10 Å². The molecule has 0 radical (unpaired) electrons. The molecule has 0 aliphatic rings. The van der Waals surface area contributed by atoms with Gasteiger partial charge in [0.1, 0.15) is 13.2 Å². The van der Waals surface area contributed by atoms with Gasteiger partial charge in [0.05, 0.1) is 0 Å². The third kappa shape index (κ3) is 41.8. The topological polar surface area (TPSA) is 78.9 Å². The highest BCUT2D eigenvalue weighted by molar-refractivity contribution is 5.71.